The lowest BCUT2D eigenvalue weighted by molar-refractivity contribution is -0.141. The van der Waals surface area contributed by atoms with Gasteiger partial charge in [0.1, 0.15) is 11.4 Å². The summed E-state index contributed by atoms with van der Waals surface area (Å²) in [5, 5.41) is -0.151. The Labute approximate surface area is 136 Å². The molecule has 0 saturated heterocycles. The van der Waals surface area contributed by atoms with Crippen LogP contribution in [0.15, 0.2) is 18.2 Å². The molecule has 0 N–H and O–H groups in total. The van der Waals surface area contributed by atoms with Gasteiger partial charge in [0.05, 0.1) is 5.69 Å². The zero-order chi connectivity index (χ0) is 17.9. The molecule has 24 heavy (non-hydrogen) atoms. The summed E-state index contributed by atoms with van der Waals surface area (Å²) in [4.78, 5) is 0. The molecule has 1 aromatic carbocycles. The van der Waals surface area contributed by atoms with Gasteiger partial charge in [0.2, 0.25) is 5.95 Å². The zero-order valence-electron chi connectivity index (χ0n) is 11.8. The van der Waals surface area contributed by atoms with Crippen LogP contribution in [0.2, 0.25) is 5.02 Å². The van der Waals surface area contributed by atoms with E-state index in [2.05, 4.69) is 0 Å². The van der Waals surface area contributed by atoms with E-state index in [1.54, 1.807) is 0 Å². The molecule has 0 saturated carbocycles. The van der Waals surface area contributed by atoms with E-state index in [-0.39, 0.29) is 16.4 Å². The van der Waals surface area contributed by atoms with E-state index in [0.717, 1.165) is 18.2 Å². The van der Waals surface area contributed by atoms with Crippen LogP contribution >= 0.6 is 11.6 Å². The first-order valence-electron chi connectivity index (χ1n) is 6.83. The van der Waals surface area contributed by atoms with Crippen molar-refractivity contribution in [1.29, 1.82) is 0 Å². The number of benzene rings is 1. The highest BCUT2D eigenvalue weighted by molar-refractivity contribution is 6.30. The molecule has 1 aromatic heterocycles. The molecule has 1 aliphatic rings. The van der Waals surface area contributed by atoms with Gasteiger partial charge in [0, 0.05) is 23.6 Å². The molecule has 0 unspecified atom stereocenters. The monoisotopic (exact) mass is 371 g/mol. The summed E-state index contributed by atoms with van der Waals surface area (Å²) >= 11 is 5.66. The molecule has 130 valence electrons. The minimum Gasteiger partial charge on any atom is -0.290 e. The minimum absolute atomic E-state index is 0.151. The summed E-state index contributed by atoms with van der Waals surface area (Å²) in [5.41, 5.74) is -3.06. The SMILES string of the molecule is Fc1cc(Cl)cc(-n2c(F)c(C(F)(F)F)c3c2CCC(F)(F)C3)c1. The van der Waals surface area contributed by atoms with Gasteiger partial charge in [-0.05, 0) is 30.2 Å². The topological polar surface area (TPSA) is 4.93 Å². The third-order valence-electron chi connectivity index (χ3n) is 3.87. The maximum absolute atomic E-state index is 14.5. The van der Waals surface area contributed by atoms with Crippen LogP contribution in [-0.4, -0.2) is 10.5 Å². The van der Waals surface area contributed by atoms with Crippen molar-refractivity contribution in [1.82, 2.24) is 4.57 Å². The minimum atomic E-state index is -5.15. The molecule has 0 amide bonds. The fourth-order valence-electron chi connectivity index (χ4n) is 2.96. The molecule has 0 bridgehead atoms. The van der Waals surface area contributed by atoms with Crippen molar-refractivity contribution in [3.05, 3.63) is 51.8 Å². The molecule has 1 heterocycles. The van der Waals surface area contributed by atoms with Gasteiger partial charge >= 0.3 is 6.18 Å². The van der Waals surface area contributed by atoms with Crippen molar-refractivity contribution >= 4 is 11.6 Å². The van der Waals surface area contributed by atoms with Crippen molar-refractivity contribution in [2.24, 2.45) is 0 Å². The van der Waals surface area contributed by atoms with Crippen molar-refractivity contribution in [3.8, 4) is 5.69 Å². The smallest absolute Gasteiger partial charge is 0.290 e. The second-order valence-corrected chi connectivity index (χ2v) is 6.02. The fourth-order valence-corrected chi connectivity index (χ4v) is 3.18. The van der Waals surface area contributed by atoms with E-state index < -0.39 is 54.3 Å². The van der Waals surface area contributed by atoms with Gasteiger partial charge in [-0.2, -0.15) is 17.6 Å². The fraction of sp³-hybridized carbons (Fsp3) is 0.333. The average molecular weight is 372 g/mol. The summed E-state index contributed by atoms with van der Waals surface area (Å²) < 4.78 is 95.1. The zero-order valence-corrected chi connectivity index (χ0v) is 12.6. The van der Waals surface area contributed by atoms with Crippen molar-refractivity contribution in [2.75, 3.05) is 0 Å². The van der Waals surface area contributed by atoms with Gasteiger partial charge in [0.15, 0.2) is 0 Å². The van der Waals surface area contributed by atoms with E-state index in [0.29, 0.717) is 4.57 Å². The highest BCUT2D eigenvalue weighted by Crippen LogP contribution is 2.44. The number of nitrogens with zero attached hydrogens (tertiary/aromatic N) is 1. The summed E-state index contributed by atoms with van der Waals surface area (Å²) in [6, 6.07) is 2.76. The predicted octanol–water partition coefficient (Wildman–Crippen LogP) is 5.55. The first-order chi connectivity index (χ1) is 11.0. The van der Waals surface area contributed by atoms with E-state index in [9.17, 15) is 30.7 Å². The van der Waals surface area contributed by atoms with Gasteiger partial charge < -0.3 is 0 Å². The quantitative estimate of drug-likeness (QED) is 0.579. The Bertz CT molecular complexity index is 787. The number of alkyl halides is 5. The number of hydrogen-bond acceptors (Lipinski definition) is 0. The van der Waals surface area contributed by atoms with Gasteiger partial charge in [0.25, 0.3) is 5.92 Å². The molecule has 0 atom stereocenters. The molecule has 1 nitrogen and oxygen atoms in total. The molecular formula is C15H9ClF7N. The van der Waals surface area contributed by atoms with Crippen LogP contribution in [0.4, 0.5) is 30.7 Å². The lowest BCUT2D eigenvalue weighted by atomic mass is 9.91. The Morgan fingerprint density at radius 3 is 2.33 bits per heavy atom. The van der Waals surface area contributed by atoms with Crippen molar-refractivity contribution < 1.29 is 30.7 Å². The lowest BCUT2D eigenvalue weighted by Crippen LogP contribution is -2.27. The number of aromatic nitrogens is 1. The summed E-state index contributed by atoms with van der Waals surface area (Å²) in [5.74, 6) is -5.98. The standard InChI is InChI=1S/C15H9ClF7N/c16-7-3-8(17)5-9(4-7)24-11-1-2-14(19,20)6-10(11)12(13(24)18)15(21,22)23/h3-5H,1-2,6H2. The molecule has 0 spiro atoms. The number of halogens is 8. The van der Waals surface area contributed by atoms with Crippen LogP contribution in [0.25, 0.3) is 5.69 Å². The third-order valence-corrected chi connectivity index (χ3v) is 4.09. The van der Waals surface area contributed by atoms with Crippen LogP contribution in [0.3, 0.4) is 0 Å². The van der Waals surface area contributed by atoms with Crippen LogP contribution < -0.4 is 0 Å². The molecule has 0 fully saturated rings. The lowest BCUT2D eigenvalue weighted by Gasteiger charge is -2.24. The largest absolute Gasteiger partial charge is 0.421 e. The van der Waals surface area contributed by atoms with Gasteiger partial charge in [-0.1, -0.05) is 11.6 Å². The normalized spacial score (nSPS) is 17.0. The van der Waals surface area contributed by atoms with Crippen molar-refractivity contribution in [2.45, 2.75) is 31.4 Å². The highest BCUT2D eigenvalue weighted by atomic mass is 35.5. The number of rotatable bonds is 1. The molecule has 0 radical (unpaired) electrons. The number of hydrogen-bond donors (Lipinski definition) is 0. The number of fused-ring (bicyclic) bond motifs is 1. The maximum atomic E-state index is 14.5. The average Bonchev–Trinajstić information content (AvgIpc) is 2.67. The van der Waals surface area contributed by atoms with Crippen LogP contribution in [0.1, 0.15) is 23.2 Å². The van der Waals surface area contributed by atoms with Crippen molar-refractivity contribution in [3.63, 3.8) is 0 Å². The first-order valence-corrected chi connectivity index (χ1v) is 7.21. The van der Waals surface area contributed by atoms with Gasteiger partial charge in [-0.25, -0.2) is 13.2 Å². The molecular weight excluding hydrogens is 363 g/mol. The second kappa shape index (κ2) is 5.40. The Hall–Kier alpha value is -1.70. The molecule has 1 aliphatic carbocycles. The third kappa shape index (κ3) is 2.87. The van der Waals surface area contributed by atoms with Gasteiger partial charge in [-0.3, -0.25) is 4.57 Å². The van der Waals surface area contributed by atoms with Gasteiger partial charge in [-0.15, -0.1) is 0 Å². The first kappa shape index (κ1) is 17.1. The molecule has 3 rings (SSSR count). The molecule has 0 aliphatic heterocycles. The highest BCUT2D eigenvalue weighted by Gasteiger charge is 2.47. The van der Waals surface area contributed by atoms with E-state index in [1.807, 2.05) is 0 Å². The molecule has 9 heteroatoms. The summed E-state index contributed by atoms with van der Waals surface area (Å²) in [6.45, 7) is 0. The summed E-state index contributed by atoms with van der Waals surface area (Å²) in [6.07, 6.45) is -7.55. The summed E-state index contributed by atoms with van der Waals surface area (Å²) in [7, 11) is 0. The Kier molecular flexibility index (Phi) is 3.86. The predicted molar refractivity (Wildman–Crippen MR) is 72.7 cm³/mol. The van der Waals surface area contributed by atoms with E-state index in [1.165, 1.54) is 0 Å². The van der Waals surface area contributed by atoms with Crippen LogP contribution in [-0.2, 0) is 19.0 Å². The Morgan fingerprint density at radius 2 is 1.75 bits per heavy atom. The Balaban J connectivity index is 2.30. The second-order valence-electron chi connectivity index (χ2n) is 5.58. The van der Waals surface area contributed by atoms with Crippen LogP contribution in [0, 0.1) is 11.8 Å². The molecule has 2 aromatic rings. The maximum Gasteiger partial charge on any atom is 0.421 e. The van der Waals surface area contributed by atoms with Crippen LogP contribution in [0.5, 0.6) is 0 Å². The Morgan fingerprint density at radius 1 is 1.08 bits per heavy atom. The van der Waals surface area contributed by atoms with E-state index in [4.69, 9.17) is 11.6 Å². The van der Waals surface area contributed by atoms with E-state index >= 15 is 0 Å².